The summed E-state index contributed by atoms with van der Waals surface area (Å²) in [5, 5.41) is 18.2. The summed E-state index contributed by atoms with van der Waals surface area (Å²) >= 11 is 6.16. The number of hydrogen-bond acceptors (Lipinski definition) is 5. The molecule has 0 saturated carbocycles. The first-order chi connectivity index (χ1) is 13.7. The zero-order chi connectivity index (χ0) is 19.1. The second-order valence-electron chi connectivity index (χ2n) is 7.10. The summed E-state index contributed by atoms with van der Waals surface area (Å²) in [6.07, 6.45) is 0. The Balaban J connectivity index is 1.45. The van der Waals surface area contributed by atoms with E-state index in [4.69, 9.17) is 21.7 Å². The molecule has 7 nitrogen and oxygen atoms in total. The normalized spacial score (nSPS) is 15.7. The van der Waals surface area contributed by atoms with E-state index in [0.717, 1.165) is 66.2 Å². The average Bonchev–Trinajstić information content (AvgIpc) is 3.31. The number of nitrogens with one attached hydrogen (secondary N) is 2. The van der Waals surface area contributed by atoms with Gasteiger partial charge in [0.15, 0.2) is 5.82 Å². The van der Waals surface area contributed by atoms with Crippen LogP contribution < -0.4 is 4.90 Å². The van der Waals surface area contributed by atoms with E-state index >= 15 is 0 Å². The molecule has 0 amide bonds. The van der Waals surface area contributed by atoms with Crippen LogP contribution in [0.1, 0.15) is 0 Å². The van der Waals surface area contributed by atoms with Gasteiger partial charge in [0.05, 0.1) is 23.2 Å². The molecule has 2 aromatic carbocycles. The number of nitrogens with zero attached hydrogens (tertiary/aromatic N) is 4. The lowest BCUT2D eigenvalue weighted by Crippen LogP contribution is -2.47. The molecule has 0 spiro atoms. The highest BCUT2D eigenvalue weighted by Crippen LogP contribution is 2.29. The van der Waals surface area contributed by atoms with Gasteiger partial charge in [-0.2, -0.15) is 5.10 Å². The summed E-state index contributed by atoms with van der Waals surface area (Å²) < 4.78 is 0. The van der Waals surface area contributed by atoms with Gasteiger partial charge in [0, 0.05) is 48.8 Å². The number of β-amino-alcohol motifs (C(OH)–C–C–N with tert-alkyl or cyclic N) is 1. The molecule has 0 unspecified atom stereocenters. The van der Waals surface area contributed by atoms with Gasteiger partial charge in [-0.25, -0.2) is 4.98 Å². The monoisotopic (exact) mass is 396 g/mol. The van der Waals surface area contributed by atoms with Gasteiger partial charge in [0.25, 0.3) is 0 Å². The van der Waals surface area contributed by atoms with Crippen LogP contribution >= 0.6 is 11.6 Å². The van der Waals surface area contributed by atoms with Crippen LogP contribution in [-0.2, 0) is 0 Å². The number of fused-ring (bicyclic) bond motifs is 2. The van der Waals surface area contributed by atoms with Gasteiger partial charge in [0.2, 0.25) is 0 Å². The fourth-order valence-corrected chi connectivity index (χ4v) is 4.02. The minimum Gasteiger partial charge on any atom is -0.395 e. The Morgan fingerprint density at radius 1 is 1.04 bits per heavy atom. The fraction of sp³-hybridized carbons (Fsp3) is 0.300. The van der Waals surface area contributed by atoms with E-state index in [0.29, 0.717) is 5.02 Å². The Morgan fingerprint density at radius 2 is 1.89 bits per heavy atom. The van der Waals surface area contributed by atoms with E-state index in [1.54, 1.807) is 0 Å². The summed E-state index contributed by atoms with van der Waals surface area (Å²) in [6.45, 7) is 4.80. The van der Waals surface area contributed by atoms with Crippen LogP contribution in [0.4, 0.5) is 5.69 Å². The lowest BCUT2D eigenvalue weighted by atomic mass is 10.2. The molecular formula is C20H21ClN6O. The standard InChI is InChI=1S/C20H21ClN6O/c21-13-1-3-16-15(11-13)19(25-24-16)20-22-17-4-2-14(12-18(17)23-20)27-7-5-26(6-8-27)9-10-28/h1-4,11-12,28H,5-10H2,(H,22,23)(H,24,25). The first kappa shape index (κ1) is 17.5. The molecule has 2 aromatic heterocycles. The molecular weight excluding hydrogens is 376 g/mol. The van der Waals surface area contributed by atoms with Gasteiger partial charge < -0.3 is 15.0 Å². The molecule has 1 aliphatic rings. The highest BCUT2D eigenvalue weighted by atomic mass is 35.5. The number of halogens is 1. The van der Waals surface area contributed by atoms with Crippen LogP contribution in [0.5, 0.6) is 0 Å². The van der Waals surface area contributed by atoms with E-state index in [-0.39, 0.29) is 6.61 Å². The van der Waals surface area contributed by atoms with Crippen LogP contribution in [-0.4, -0.2) is 69.5 Å². The summed E-state index contributed by atoms with van der Waals surface area (Å²) in [7, 11) is 0. The van der Waals surface area contributed by atoms with Gasteiger partial charge >= 0.3 is 0 Å². The van der Waals surface area contributed by atoms with Gasteiger partial charge in [-0.3, -0.25) is 10.00 Å². The summed E-state index contributed by atoms with van der Waals surface area (Å²) in [5.41, 5.74) is 4.79. The first-order valence-corrected chi connectivity index (χ1v) is 9.81. The molecule has 1 saturated heterocycles. The van der Waals surface area contributed by atoms with Crippen LogP contribution in [0.2, 0.25) is 5.02 Å². The number of anilines is 1. The highest BCUT2D eigenvalue weighted by Gasteiger charge is 2.18. The molecule has 28 heavy (non-hydrogen) atoms. The van der Waals surface area contributed by atoms with E-state index in [2.05, 4.69) is 37.1 Å². The Labute approximate surface area is 166 Å². The second-order valence-corrected chi connectivity index (χ2v) is 7.54. The van der Waals surface area contributed by atoms with E-state index < -0.39 is 0 Å². The topological polar surface area (TPSA) is 84.1 Å². The fourth-order valence-electron chi connectivity index (χ4n) is 3.84. The molecule has 3 N–H and O–H groups in total. The van der Waals surface area contributed by atoms with Crippen molar-refractivity contribution in [3.05, 3.63) is 41.4 Å². The van der Waals surface area contributed by atoms with E-state index in [9.17, 15) is 0 Å². The molecule has 8 heteroatoms. The van der Waals surface area contributed by atoms with Crippen molar-refractivity contribution in [2.45, 2.75) is 0 Å². The van der Waals surface area contributed by atoms with Crippen molar-refractivity contribution in [3.63, 3.8) is 0 Å². The number of hydrogen-bond donors (Lipinski definition) is 3. The number of imidazole rings is 1. The SMILES string of the molecule is OCCN1CCN(c2ccc3nc(-c4n[nH]c5ccc(Cl)cc45)[nH]c3c2)CC1. The lowest BCUT2D eigenvalue weighted by Gasteiger charge is -2.35. The number of aromatic nitrogens is 4. The highest BCUT2D eigenvalue weighted by molar-refractivity contribution is 6.31. The van der Waals surface area contributed by atoms with Crippen molar-refractivity contribution in [3.8, 4) is 11.5 Å². The Kier molecular flexibility index (Phi) is 4.43. The van der Waals surface area contributed by atoms with Gasteiger partial charge in [-0.1, -0.05) is 11.6 Å². The minimum absolute atomic E-state index is 0.218. The Bertz CT molecular complexity index is 1130. The van der Waals surface area contributed by atoms with Crippen molar-refractivity contribution >= 4 is 39.2 Å². The molecule has 0 radical (unpaired) electrons. The maximum Gasteiger partial charge on any atom is 0.159 e. The van der Waals surface area contributed by atoms with Crippen LogP contribution in [0.15, 0.2) is 36.4 Å². The van der Waals surface area contributed by atoms with Gasteiger partial charge in [-0.05, 0) is 36.4 Å². The Hall–Kier alpha value is -2.61. The number of rotatable bonds is 4. The molecule has 3 heterocycles. The van der Waals surface area contributed by atoms with E-state index in [1.807, 2.05) is 24.3 Å². The summed E-state index contributed by atoms with van der Waals surface area (Å²) in [4.78, 5) is 12.8. The minimum atomic E-state index is 0.218. The largest absolute Gasteiger partial charge is 0.395 e. The molecule has 0 bridgehead atoms. The second kappa shape index (κ2) is 7.09. The number of aliphatic hydroxyl groups is 1. The third kappa shape index (κ3) is 3.11. The third-order valence-corrected chi connectivity index (χ3v) is 5.60. The quantitative estimate of drug-likeness (QED) is 0.494. The van der Waals surface area contributed by atoms with Gasteiger partial charge in [-0.15, -0.1) is 0 Å². The van der Waals surface area contributed by atoms with Crippen molar-refractivity contribution in [1.29, 1.82) is 0 Å². The molecule has 4 aromatic rings. The Morgan fingerprint density at radius 3 is 2.71 bits per heavy atom. The number of benzene rings is 2. The molecule has 0 atom stereocenters. The molecule has 5 rings (SSSR count). The predicted octanol–water partition coefficient (Wildman–Crippen LogP) is 2.87. The first-order valence-electron chi connectivity index (χ1n) is 9.43. The molecule has 0 aliphatic carbocycles. The predicted molar refractivity (Wildman–Crippen MR) is 112 cm³/mol. The van der Waals surface area contributed by atoms with Crippen LogP contribution in [0.25, 0.3) is 33.5 Å². The summed E-state index contributed by atoms with van der Waals surface area (Å²) in [6, 6.07) is 12.0. The number of aromatic amines is 2. The van der Waals surface area contributed by atoms with Crippen molar-refractivity contribution < 1.29 is 5.11 Å². The number of H-pyrrole nitrogens is 2. The molecule has 1 aliphatic heterocycles. The van der Waals surface area contributed by atoms with Crippen molar-refractivity contribution in [2.75, 3.05) is 44.2 Å². The molecule has 1 fully saturated rings. The average molecular weight is 397 g/mol. The van der Waals surface area contributed by atoms with Crippen molar-refractivity contribution in [1.82, 2.24) is 25.1 Å². The third-order valence-electron chi connectivity index (χ3n) is 5.37. The van der Waals surface area contributed by atoms with Crippen LogP contribution in [0.3, 0.4) is 0 Å². The smallest absolute Gasteiger partial charge is 0.159 e. The van der Waals surface area contributed by atoms with E-state index in [1.165, 1.54) is 5.69 Å². The van der Waals surface area contributed by atoms with Crippen LogP contribution in [0, 0.1) is 0 Å². The lowest BCUT2D eigenvalue weighted by molar-refractivity contribution is 0.189. The summed E-state index contributed by atoms with van der Waals surface area (Å²) in [5.74, 6) is 0.730. The van der Waals surface area contributed by atoms with Gasteiger partial charge in [0.1, 0.15) is 5.69 Å². The van der Waals surface area contributed by atoms with Crippen molar-refractivity contribution in [2.24, 2.45) is 0 Å². The maximum absolute atomic E-state index is 9.10. The zero-order valence-electron chi connectivity index (χ0n) is 15.3. The number of piperazine rings is 1. The molecule has 144 valence electrons. The number of aliphatic hydroxyl groups excluding tert-OH is 1. The maximum atomic E-state index is 9.10. The zero-order valence-corrected chi connectivity index (χ0v) is 16.1.